The molecule has 49 heavy (non-hydrogen) atoms. The summed E-state index contributed by atoms with van der Waals surface area (Å²) >= 11 is 14.2. The molecule has 254 valence electrons. The lowest BCUT2D eigenvalue weighted by Crippen LogP contribution is -2.35. The van der Waals surface area contributed by atoms with Gasteiger partial charge in [0.2, 0.25) is 11.8 Å². The first-order valence-electron chi connectivity index (χ1n) is 16.2. The van der Waals surface area contributed by atoms with Crippen molar-refractivity contribution in [3.05, 3.63) is 105 Å². The van der Waals surface area contributed by atoms with Crippen LogP contribution in [-0.4, -0.2) is 70.2 Å². The standard InChI is InChI=1S/C37H38Cl2N6O4/c1-44(15-5-17-46)22-25-20-41-32-18-23(14-16-45(32)37(25)48)27-6-3-7-28(34(27)38)29-8-4-9-30(35(29)39)31-12-10-24(36(43-31)49-2)19-40-21-26-11-13-33(47)42-26/h3-4,6-10,12,14,16,18,20,26,40,46H,5,11,13,15,17,19,21-22H2,1-2H3,(H,42,47). The molecule has 2 aromatic carbocycles. The number of fused-ring (bicyclic) bond motifs is 1. The number of carbonyl (C=O) groups is 1. The molecule has 6 rings (SSSR count). The van der Waals surface area contributed by atoms with E-state index in [1.807, 2.05) is 72.6 Å². The predicted octanol–water partition coefficient (Wildman–Crippen LogP) is 5.59. The maximum absolute atomic E-state index is 13.2. The zero-order chi connectivity index (χ0) is 34.5. The third-order valence-corrected chi connectivity index (χ3v) is 9.53. The number of methoxy groups -OCH3 is 1. The highest BCUT2D eigenvalue weighted by molar-refractivity contribution is 6.39. The topological polar surface area (TPSA) is 121 Å². The van der Waals surface area contributed by atoms with Gasteiger partial charge in [0.1, 0.15) is 5.65 Å². The lowest BCUT2D eigenvalue weighted by atomic mass is 9.97. The van der Waals surface area contributed by atoms with Gasteiger partial charge in [-0.25, -0.2) is 9.97 Å². The number of benzene rings is 2. The van der Waals surface area contributed by atoms with Crippen molar-refractivity contribution in [1.29, 1.82) is 0 Å². The number of rotatable bonds is 13. The molecule has 4 heterocycles. The van der Waals surface area contributed by atoms with Crippen LogP contribution in [0.1, 0.15) is 30.4 Å². The SMILES string of the molecule is COc1nc(-c2cccc(-c3cccc(-c4ccn5c(=O)c(CN(C)CCCO)cnc5c4)c3Cl)c2Cl)ccc1CNCC1CCC(=O)N1. The average molecular weight is 702 g/mol. The van der Waals surface area contributed by atoms with Crippen LogP contribution in [0.2, 0.25) is 10.0 Å². The fourth-order valence-corrected chi connectivity index (χ4v) is 6.80. The van der Waals surface area contributed by atoms with E-state index in [0.717, 1.165) is 39.8 Å². The zero-order valence-corrected chi connectivity index (χ0v) is 28.9. The van der Waals surface area contributed by atoms with E-state index >= 15 is 0 Å². The van der Waals surface area contributed by atoms with Crippen LogP contribution in [0.4, 0.5) is 0 Å². The molecule has 1 unspecified atom stereocenters. The van der Waals surface area contributed by atoms with Gasteiger partial charge in [0.05, 0.1) is 28.4 Å². The number of ether oxygens (including phenoxy) is 1. The van der Waals surface area contributed by atoms with Crippen LogP contribution in [0.5, 0.6) is 5.88 Å². The highest BCUT2D eigenvalue weighted by atomic mass is 35.5. The first-order chi connectivity index (χ1) is 23.8. The number of halogens is 2. The molecule has 0 saturated carbocycles. The molecule has 0 spiro atoms. The molecule has 1 saturated heterocycles. The summed E-state index contributed by atoms with van der Waals surface area (Å²) in [5.41, 5.74) is 6.34. The van der Waals surface area contributed by atoms with Crippen LogP contribution in [0.3, 0.4) is 0 Å². The number of hydrogen-bond donors (Lipinski definition) is 3. The molecule has 0 bridgehead atoms. The third kappa shape index (κ3) is 7.64. The van der Waals surface area contributed by atoms with E-state index in [4.69, 9.17) is 38.0 Å². The van der Waals surface area contributed by atoms with Crippen LogP contribution in [0.25, 0.3) is 39.2 Å². The Kier molecular flexibility index (Phi) is 10.9. The molecule has 1 aliphatic rings. The van der Waals surface area contributed by atoms with Crippen LogP contribution in [0, 0.1) is 0 Å². The van der Waals surface area contributed by atoms with E-state index in [-0.39, 0.29) is 24.1 Å². The van der Waals surface area contributed by atoms with E-state index in [1.165, 1.54) is 4.40 Å². The van der Waals surface area contributed by atoms with Gasteiger partial charge in [-0.2, -0.15) is 0 Å². The van der Waals surface area contributed by atoms with Crippen LogP contribution >= 0.6 is 23.2 Å². The Morgan fingerprint density at radius 3 is 2.47 bits per heavy atom. The van der Waals surface area contributed by atoms with Crippen molar-refractivity contribution in [3.8, 4) is 39.4 Å². The summed E-state index contributed by atoms with van der Waals surface area (Å²) in [6, 6.07) is 19.3. The number of aromatic nitrogens is 3. The summed E-state index contributed by atoms with van der Waals surface area (Å²) in [5, 5.41) is 16.5. The lowest BCUT2D eigenvalue weighted by Gasteiger charge is -2.16. The van der Waals surface area contributed by atoms with Gasteiger partial charge in [-0.15, -0.1) is 0 Å². The van der Waals surface area contributed by atoms with Crippen LogP contribution in [-0.2, 0) is 17.9 Å². The lowest BCUT2D eigenvalue weighted by molar-refractivity contribution is -0.119. The molecule has 10 nitrogen and oxygen atoms in total. The largest absolute Gasteiger partial charge is 0.481 e. The number of nitrogens with one attached hydrogen (secondary N) is 2. The third-order valence-electron chi connectivity index (χ3n) is 8.72. The smallest absolute Gasteiger partial charge is 0.262 e. The molecule has 1 fully saturated rings. The minimum Gasteiger partial charge on any atom is -0.481 e. The quantitative estimate of drug-likeness (QED) is 0.145. The fraction of sp³-hybridized carbons (Fsp3) is 0.297. The Labute approximate surface area is 294 Å². The number of nitrogens with zero attached hydrogens (tertiary/aromatic N) is 4. The zero-order valence-electron chi connectivity index (χ0n) is 27.4. The summed E-state index contributed by atoms with van der Waals surface area (Å²) in [5.74, 6) is 0.586. The van der Waals surface area contributed by atoms with Gasteiger partial charge >= 0.3 is 0 Å². The van der Waals surface area contributed by atoms with Crippen molar-refractivity contribution < 1.29 is 14.6 Å². The molecule has 1 aliphatic heterocycles. The maximum Gasteiger partial charge on any atom is 0.262 e. The summed E-state index contributed by atoms with van der Waals surface area (Å²) in [6.07, 6.45) is 5.37. The second-order valence-corrected chi connectivity index (χ2v) is 12.9. The number of pyridine rings is 2. The molecule has 1 atom stereocenters. The molecule has 5 aromatic rings. The Balaban J connectivity index is 1.25. The normalized spacial score (nSPS) is 14.5. The molecule has 1 amide bonds. The molecular formula is C37H38Cl2N6O4. The number of aliphatic hydroxyl groups is 1. The van der Waals surface area contributed by atoms with Gasteiger partial charge in [0.25, 0.3) is 5.56 Å². The van der Waals surface area contributed by atoms with Crippen LogP contribution < -0.4 is 20.9 Å². The van der Waals surface area contributed by atoms with Crippen molar-refractivity contribution in [2.75, 3.05) is 33.9 Å². The number of carbonyl (C=O) groups excluding carboxylic acids is 1. The highest BCUT2D eigenvalue weighted by Gasteiger charge is 2.21. The molecule has 0 radical (unpaired) electrons. The van der Waals surface area contributed by atoms with Crippen molar-refractivity contribution in [1.82, 2.24) is 29.9 Å². The first kappa shape index (κ1) is 34.5. The second-order valence-electron chi connectivity index (χ2n) is 12.2. The minimum absolute atomic E-state index is 0.0937. The summed E-state index contributed by atoms with van der Waals surface area (Å²) in [7, 11) is 3.50. The van der Waals surface area contributed by atoms with E-state index in [1.54, 1.807) is 19.5 Å². The molecule has 12 heteroatoms. The second kappa shape index (κ2) is 15.5. The van der Waals surface area contributed by atoms with Crippen LogP contribution in [0.15, 0.2) is 77.9 Å². The Bertz CT molecular complexity index is 2050. The van der Waals surface area contributed by atoms with Gasteiger partial charge in [-0.1, -0.05) is 65.7 Å². The summed E-state index contributed by atoms with van der Waals surface area (Å²) in [4.78, 5) is 36.1. The van der Waals surface area contributed by atoms with Crippen molar-refractivity contribution in [2.45, 2.75) is 38.4 Å². The van der Waals surface area contributed by atoms with Crippen molar-refractivity contribution >= 4 is 34.8 Å². The Hall–Kier alpha value is -4.32. The van der Waals surface area contributed by atoms with E-state index in [2.05, 4.69) is 15.6 Å². The monoisotopic (exact) mass is 700 g/mol. The molecule has 3 aromatic heterocycles. The van der Waals surface area contributed by atoms with E-state index in [9.17, 15) is 9.59 Å². The van der Waals surface area contributed by atoms with Gasteiger partial charge in [0.15, 0.2) is 0 Å². The maximum atomic E-state index is 13.2. The summed E-state index contributed by atoms with van der Waals surface area (Å²) < 4.78 is 7.18. The fourth-order valence-electron chi connectivity index (χ4n) is 6.14. The van der Waals surface area contributed by atoms with Crippen molar-refractivity contribution in [3.63, 3.8) is 0 Å². The molecule has 0 aliphatic carbocycles. The average Bonchev–Trinajstić information content (AvgIpc) is 3.53. The Morgan fingerprint density at radius 1 is 1.02 bits per heavy atom. The van der Waals surface area contributed by atoms with Crippen molar-refractivity contribution in [2.24, 2.45) is 0 Å². The number of aliphatic hydroxyl groups excluding tert-OH is 1. The highest BCUT2D eigenvalue weighted by Crippen LogP contribution is 2.42. The first-order valence-corrected chi connectivity index (χ1v) is 16.9. The molecule has 3 N–H and O–H groups in total. The number of hydrogen-bond acceptors (Lipinski definition) is 8. The van der Waals surface area contributed by atoms with Gasteiger partial charge < -0.3 is 25.4 Å². The summed E-state index contributed by atoms with van der Waals surface area (Å²) in [6.45, 7) is 2.44. The molecular weight excluding hydrogens is 663 g/mol. The van der Waals surface area contributed by atoms with Gasteiger partial charge in [0, 0.05) is 85.5 Å². The van der Waals surface area contributed by atoms with Gasteiger partial charge in [-0.3, -0.25) is 14.0 Å². The predicted molar refractivity (Wildman–Crippen MR) is 193 cm³/mol. The van der Waals surface area contributed by atoms with Gasteiger partial charge in [-0.05, 0) is 43.7 Å². The van der Waals surface area contributed by atoms with E-state index in [0.29, 0.717) is 71.9 Å². The van der Waals surface area contributed by atoms with E-state index < -0.39 is 0 Å². The number of amides is 1. The Morgan fingerprint density at radius 2 is 1.76 bits per heavy atom. The minimum atomic E-state index is -0.135.